The lowest BCUT2D eigenvalue weighted by Gasteiger charge is -2.27. The zero-order valence-electron chi connectivity index (χ0n) is 14.6. The van der Waals surface area contributed by atoms with Gasteiger partial charge < -0.3 is 19.7 Å². The number of aromatic nitrogens is 3. The lowest BCUT2D eigenvalue weighted by atomic mass is 10.1. The van der Waals surface area contributed by atoms with Crippen molar-refractivity contribution in [3.8, 4) is 17.0 Å². The van der Waals surface area contributed by atoms with Crippen molar-refractivity contribution in [3.05, 3.63) is 48.5 Å². The maximum Gasteiger partial charge on any atom is 0.153 e. The Kier molecular flexibility index (Phi) is 4.70. The zero-order chi connectivity index (χ0) is 17.8. The number of morpholine rings is 1. The molecule has 7 heteroatoms. The molecule has 0 saturated carbocycles. The molecule has 0 aliphatic carbocycles. The van der Waals surface area contributed by atoms with Crippen molar-refractivity contribution in [2.75, 3.05) is 43.6 Å². The fraction of sp³-hybridized carbons (Fsp3) is 0.263. The minimum Gasteiger partial charge on any atom is -0.497 e. The molecule has 0 unspecified atom stereocenters. The number of hydrogen-bond acceptors (Lipinski definition) is 6. The Morgan fingerprint density at radius 1 is 1.08 bits per heavy atom. The summed E-state index contributed by atoms with van der Waals surface area (Å²) in [5, 5.41) is 10.6. The van der Waals surface area contributed by atoms with E-state index in [4.69, 9.17) is 9.47 Å². The Hall–Kier alpha value is -3.06. The quantitative estimate of drug-likeness (QED) is 0.736. The summed E-state index contributed by atoms with van der Waals surface area (Å²) in [6.07, 6.45) is 0. The summed E-state index contributed by atoms with van der Waals surface area (Å²) in [5.41, 5.74) is 1.97. The fourth-order valence-corrected chi connectivity index (χ4v) is 2.90. The van der Waals surface area contributed by atoms with Crippen molar-refractivity contribution in [3.63, 3.8) is 0 Å². The van der Waals surface area contributed by atoms with Gasteiger partial charge in [0.2, 0.25) is 0 Å². The number of H-pyrrole nitrogens is 1. The molecule has 1 saturated heterocycles. The molecule has 2 aromatic heterocycles. The van der Waals surface area contributed by atoms with Gasteiger partial charge in [0.05, 0.1) is 26.0 Å². The minimum atomic E-state index is 0.724. The van der Waals surface area contributed by atoms with E-state index in [1.165, 1.54) is 0 Å². The summed E-state index contributed by atoms with van der Waals surface area (Å²) in [6.45, 7) is 3.20. The minimum absolute atomic E-state index is 0.724. The molecule has 4 rings (SSSR count). The summed E-state index contributed by atoms with van der Waals surface area (Å²) < 4.78 is 10.6. The molecule has 1 fully saturated rings. The van der Waals surface area contributed by atoms with Crippen molar-refractivity contribution < 1.29 is 9.47 Å². The first-order chi connectivity index (χ1) is 12.8. The number of methoxy groups -OCH3 is 1. The van der Waals surface area contributed by atoms with Crippen LogP contribution >= 0.6 is 0 Å². The van der Waals surface area contributed by atoms with Crippen LogP contribution < -0.4 is 15.0 Å². The molecule has 1 aliphatic rings. The van der Waals surface area contributed by atoms with Crippen LogP contribution in [0.1, 0.15) is 0 Å². The van der Waals surface area contributed by atoms with Crippen LogP contribution in [0.15, 0.2) is 48.5 Å². The molecule has 0 spiro atoms. The Labute approximate surface area is 152 Å². The normalized spacial score (nSPS) is 14.3. The van der Waals surface area contributed by atoms with Crippen molar-refractivity contribution in [2.45, 2.75) is 0 Å². The molecular weight excluding hydrogens is 330 g/mol. The van der Waals surface area contributed by atoms with Crippen LogP contribution in [-0.4, -0.2) is 48.6 Å². The Balaban J connectivity index is 1.48. The number of hydrogen-bond donors (Lipinski definition) is 2. The average molecular weight is 351 g/mol. The van der Waals surface area contributed by atoms with Crippen LogP contribution in [0.3, 0.4) is 0 Å². The number of nitrogens with one attached hydrogen (secondary N) is 2. The molecule has 7 nitrogen and oxygen atoms in total. The van der Waals surface area contributed by atoms with Gasteiger partial charge in [0.15, 0.2) is 5.82 Å². The van der Waals surface area contributed by atoms with Crippen LogP contribution in [0.4, 0.5) is 17.5 Å². The summed E-state index contributed by atoms with van der Waals surface area (Å²) in [5.74, 6) is 3.27. The molecule has 1 aliphatic heterocycles. The molecule has 26 heavy (non-hydrogen) atoms. The molecule has 3 heterocycles. The monoisotopic (exact) mass is 351 g/mol. The summed E-state index contributed by atoms with van der Waals surface area (Å²) >= 11 is 0. The Morgan fingerprint density at radius 3 is 2.65 bits per heavy atom. The molecular formula is C19H21N5O2. The van der Waals surface area contributed by atoms with E-state index in [-0.39, 0.29) is 0 Å². The molecule has 2 N–H and O–H groups in total. The summed E-state index contributed by atoms with van der Waals surface area (Å²) in [7, 11) is 1.66. The maximum absolute atomic E-state index is 5.40. The van der Waals surface area contributed by atoms with E-state index in [0.29, 0.717) is 0 Å². The van der Waals surface area contributed by atoms with E-state index < -0.39 is 0 Å². The van der Waals surface area contributed by atoms with Gasteiger partial charge in [-0.3, -0.25) is 5.10 Å². The molecule has 0 bridgehead atoms. The number of rotatable bonds is 5. The highest BCUT2D eigenvalue weighted by atomic mass is 16.5. The standard InChI is InChI=1S/C19H21N5O2/c1-25-15-7-5-14(6-8-15)16-13-18(23-22-16)20-17-3-2-4-19(21-17)24-9-11-26-12-10-24/h2-8,13H,9-12H2,1H3,(H2,20,21,22,23). The number of anilines is 3. The molecule has 3 aromatic rings. The molecule has 0 radical (unpaired) electrons. The predicted octanol–water partition coefficient (Wildman–Crippen LogP) is 3.06. The van der Waals surface area contributed by atoms with Crippen LogP contribution in [0.25, 0.3) is 11.3 Å². The molecule has 0 amide bonds. The van der Waals surface area contributed by atoms with E-state index >= 15 is 0 Å². The number of nitrogens with zero attached hydrogens (tertiary/aromatic N) is 3. The average Bonchev–Trinajstić information content (AvgIpc) is 3.17. The summed E-state index contributed by atoms with van der Waals surface area (Å²) in [6, 6.07) is 15.8. The highest BCUT2D eigenvalue weighted by Gasteiger charge is 2.13. The van der Waals surface area contributed by atoms with Crippen LogP contribution in [0.5, 0.6) is 5.75 Å². The third kappa shape index (κ3) is 3.62. The van der Waals surface area contributed by atoms with Crippen LogP contribution in [0, 0.1) is 0 Å². The van der Waals surface area contributed by atoms with E-state index in [0.717, 1.165) is 60.8 Å². The number of aromatic amines is 1. The highest BCUT2D eigenvalue weighted by molar-refractivity contribution is 5.66. The topological polar surface area (TPSA) is 75.3 Å². The number of ether oxygens (including phenoxy) is 2. The largest absolute Gasteiger partial charge is 0.497 e. The SMILES string of the molecule is COc1ccc(-c2cc(Nc3cccc(N4CCOCC4)n3)n[nH]2)cc1. The summed E-state index contributed by atoms with van der Waals surface area (Å²) in [4.78, 5) is 6.91. The van der Waals surface area contributed by atoms with Crippen LogP contribution in [0.2, 0.25) is 0 Å². The lowest BCUT2D eigenvalue weighted by molar-refractivity contribution is 0.122. The van der Waals surface area contributed by atoms with Gasteiger partial charge in [-0.25, -0.2) is 4.98 Å². The van der Waals surface area contributed by atoms with E-state index in [9.17, 15) is 0 Å². The van der Waals surface area contributed by atoms with Gasteiger partial charge in [-0.2, -0.15) is 5.10 Å². The first kappa shape index (κ1) is 16.4. The third-order valence-electron chi connectivity index (χ3n) is 4.30. The number of benzene rings is 1. The molecule has 0 atom stereocenters. The van der Waals surface area contributed by atoms with Crippen molar-refractivity contribution in [1.82, 2.24) is 15.2 Å². The predicted molar refractivity (Wildman–Crippen MR) is 101 cm³/mol. The van der Waals surface area contributed by atoms with E-state index in [1.54, 1.807) is 7.11 Å². The lowest BCUT2D eigenvalue weighted by Crippen LogP contribution is -2.36. The van der Waals surface area contributed by atoms with Gasteiger partial charge in [0, 0.05) is 19.2 Å². The second kappa shape index (κ2) is 7.45. The fourth-order valence-electron chi connectivity index (χ4n) is 2.90. The van der Waals surface area contributed by atoms with Crippen molar-refractivity contribution in [2.24, 2.45) is 0 Å². The van der Waals surface area contributed by atoms with Gasteiger partial charge >= 0.3 is 0 Å². The van der Waals surface area contributed by atoms with Crippen molar-refractivity contribution in [1.29, 1.82) is 0 Å². The van der Waals surface area contributed by atoms with Crippen LogP contribution in [-0.2, 0) is 4.74 Å². The van der Waals surface area contributed by atoms with Gasteiger partial charge in [-0.15, -0.1) is 0 Å². The van der Waals surface area contributed by atoms with Gasteiger partial charge in [-0.05, 0) is 42.0 Å². The zero-order valence-corrected chi connectivity index (χ0v) is 14.6. The highest BCUT2D eigenvalue weighted by Crippen LogP contribution is 2.24. The van der Waals surface area contributed by atoms with E-state index in [2.05, 4.69) is 25.4 Å². The van der Waals surface area contributed by atoms with Gasteiger partial charge in [0.1, 0.15) is 17.4 Å². The van der Waals surface area contributed by atoms with Gasteiger partial charge in [-0.1, -0.05) is 6.07 Å². The Morgan fingerprint density at radius 2 is 1.88 bits per heavy atom. The first-order valence-electron chi connectivity index (χ1n) is 8.58. The molecule has 134 valence electrons. The third-order valence-corrected chi connectivity index (χ3v) is 4.30. The second-order valence-corrected chi connectivity index (χ2v) is 6.00. The number of pyridine rings is 1. The maximum atomic E-state index is 5.40. The Bertz CT molecular complexity index is 856. The van der Waals surface area contributed by atoms with Gasteiger partial charge in [0.25, 0.3) is 0 Å². The second-order valence-electron chi connectivity index (χ2n) is 6.00. The smallest absolute Gasteiger partial charge is 0.153 e. The first-order valence-corrected chi connectivity index (χ1v) is 8.58. The van der Waals surface area contributed by atoms with Crippen molar-refractivity contribution >= 4 is 17.5 Å². The molecule has 1 aromatic carbocycles. The van der Waals surface area contributed by atoms with E-state index in [1.807, 2.05) is 48.5 Å².